The van der Waals surface area contributed by atoms with Crippen LogP contribution in [-0.2, 0) is 4.79 Å². The van der Waals surface area contributed by atoms with Gasteiger partial charge in [-0.3, -0.25) is 9.69 Å². The zero-order valence-electron chi connectivity index (χ0n) is 16.9. The van der Waals surface area contributed by atoms with Gasteiger partial charge in [0.15, 0.2) is 5.13 Å². The number of hydrogen-bond donors (Lipinski definition) is 1. The smallest absolute Gasteiger partial charge is 0.234 e. The van der Waals surface area contributed by atoms with Crippen LogP contribution in [-0.4, -0.2) is 68.7 Å². The van der Waals surface area contributed by atoms with Crippen LogP contribution in [0.3, 0.4) is 0 Å². The molecule has 6 nitrogen and oxygen atoms in total. The average Bonchev–Trinajstić information content (AvgIpc) is 3.00. The predicted molar refractivity (Wildman–Crippen MR) is 117 cm³/mol. The maximum atomic E-state index is 12.3. The molecule has 0 spiro atoms. The first-order valence-electron chi connectivity index (χ1n) is 10.0. The molecule has 1 fully saturated rings. The minimum atomic E-state index is 0.126. The van der Waals surface area contributed by atoms with Crippen molar-refractivity contribution in [1.29, 1.82) is 0 Å². The molecule has 0 aliphatic carbocycles. The summed E-state index contributed by atoms with van der Waals surface area (Å²) in [4.78, 5) is 23.7. The van der Waals surface area contributed by atoms with Crippen molar-refractivity contribution in [2.75, 3.05) is 62.7 Å². The van der Waals surface area contributed by atoms with Crippen molar-refractivity contribution in [2.45, 2.75) is 19.8 Å². The Morgan fingerprint density at radius 1 is 1.21 bits per heavy atom. The summed E-state index contributed by atoms with van der Waals surface area (Å²) < 4.78 is 0. The van der Waals surface area contributed by atoms with Crippen LogP contribution in [0.4, 0.5) is 10.8 Å². The summed E-state index contributed by atoms with van der Waals surface area (Å²) in [6, 6.07) is 10.3. The van der Waals surface area contributed by atoms with Gasteiger partial charge in [0.2, 0.25) is 5.91 Å². The lowest BCUT2D eigenvalue weighted by Gasteiger charge is -2.21. The van der Waals surface area contributed by atoms with Gasteiger partial charge >= 0.3 is 0 Å². The highest BCUT2D eigenvalue weighted by Crippen LogP contribution is 2.21. The molecule has 1 aliphatic rings. The van der Waals surface area contributed by atoms with E-state index in [1.807, 2.05) is 25.1 Å². The molecule has 0 bridgehead atoms. The first kappa shape index (κ1) is 20.6. The Balaban J connectivity index is 1.33. The van der Waals surface area contributed by atoms with E-state index in [0.29, 0.717) is 13.1 Å². The Morgan fingerprint density at radius 2 is 2.04 bits per heavy atom. The van der Waals surface area contributed by atoms with E-state index in [1.165, 1.54) is 5.69 Å². The molecule has 2 aromatic rings. The maximum Gasteiger partial charge on any atom is 0.234 e. The third-order valence-electron chi connectivity index (χ3n) is 5.02. The number of anilines is 2. The number of benzene rings is 1. The fourth-order valence-electron chi connectivity index (χ4n) is 3.42. The Hall–Kier alpha value is -2.12. The molecule has 1 aromatic heterocycles. The number of hydrogen-bond acceptors (Lipinski definition) is 6. The molecule has 1 amide bonds. The second kappa shape index (κ2) is 10.4. The molecule has 2 heterocycles. The van der Waals surface area contributed by atoms with Crippen molar-refractivity contribution >= 4 is 28.1 Å². The SMILES string of the molecule is Cc1csc(N2CCCN(CC(=O)NCCCN(C)c3ccccc3)CC2)n1. The second-order valence-corrected chi connectivity index (χ2v) is 8.19. The van der Waals surface area contributed by atoms with E-state index in [2.05, 4.69) is 49.6 Å². The Morgan fingerprint density at radius 3 is 2.79 bits per heavy atom. The molecular formula is C21H31N5OS. The number of thiazole rings is 1. The molecule has 28 heavy (non-hydrogen) atoms. The highest BCUT2D eigenvalue weighted by Gasteiger charge is 2.18. The highest BCUT2D eigenvalue weighted by atomic mass is 32.1. The average molecular weight is 402 g/mol. The van der Waals surface area contributed by atoms with Gasteiger partial charge in [0, 0.05) is 57.4 Å². The van der Waals surface area contributed by atoms with Crippen molar-refractivity contribution in [3.63, 3.8) is 0 Å². The minimum absolute atomic E-state index is 0.126. The van der Waals surface area contributed by atoms with E-state index in [4.69, 9.17) is 0 Å². The second-order valence-electron chi connectivity index (χ2n) is 7.35. The number of nitrogens with zero attached hydrogens (tertiary/aromatic N) is 4. The van der Waals surface area contributed by atoms with E-state index in [0.717, 1.165) is 56.4 Å². The van der Waals surface area contributed by atoms with Crippen molar-refractivity contribution in [3.8, 4) is 0 Å². The molecule has 0 atom stereocenters. The minimum Gasteiger partial charge on any atom is -0.375 e. The molecular weight excluding hydrogens is 370 g/mol. The third kappa shape index (κ3) is 6.21. The fourth-order valence-corrected chi connectivity index (χ4v) is 4.28. The van der Waals surface area contributed by atoms with Gasteiger partial charge in [0.25, 0.3) is 0 Å². The van der Waals surface area contributed by atoms with Gasteiger partial charge in [-0.25, -0.2) is 4.98 Å². The Labute approximate surface area is 172 Å². The van der Waals surface area contributed by atoms with Gasteiger partial charge < -0.3 is 15.1 Å². The van der Waals surface area contributed by atoms with E-state index >= 15 is 0 Å². The maximum absolute atomic E-state index is 12.3. The van der Waals surface area contributed by atoms with Gasteiger partial charge in [-0.15, -0.1) is 11.3 Å². The molecule has 0 unspecified atom stereocenters. The largest absolute Gasteiger partial charge is 0.375 e. The quantitative estimate of drug-likeness (QED) is 0.689. The topological polar surface area (TPSA) is 51.7 Å². The van der Waals surface area contributed by atoms with Crippen LogP contribution in [0.25, 0.3) is 0 Å². The summed E-state index contributed by atoms with van der Waals surface area (Å²) >= 11 is 1.71. The highest BCUT2D eigenvalue weighted by molar-refractivity contribution is 7.13. The van der Waals surface area contributed by atoms with E-state index < -0.39 is 0 Å². The number of nitrogens with one attached hydrogen (secondary N) is 1. The molecule has 1 aliphatic heterocycles. The van der Waals surface area contributed by atoms with E-state index in [1.54, 1.807) is 11.3 Å². The van der Waals surface area contributed by atoms with Gasteiger partial charge in [-0.1, -0.05) is 18.2 Å². The molecule has 0 saturated carbocycles. The first-order valence-corrected chi connectivity index (χ1v) is 10.9. The number of para-hydroxylation sites is 1. The number of carbonyl (C=O) groups is 1. The van der Waals surface area contributed by atoms with Crippen molar-refractivity contribution in [1.82, 2.24) is 15.2 Å². The summed E-state index contributed by atoms with van der Waals surface area (Å²) in [6.45, 7) is 7.97. The van der Waals surface area contributed by atoms with E-state index in [-0.39, 0.29) is 5.91 Å². The number of aromatic nitrogens is 1. The summed E-state index contributed by atoms with van der Waals surface area (Å²) in [5.74, 6) is 0.126. The van der Waals surface area contributed by atoms with Crippen LogP contribution in [0, 0.1) is 6.92 Å². The molecule has 1 N–H and O–H groups in total. The first-order chi connectivity index (χ1) is 13.6. The molecule has 3 rings (SSSR count). The number of rotatable bonds is 8. The van der Waals surface area contributed by atoms with Crippen molar-refractivity contribution in [2.24, 2.45) is 0 Å². The summed E-state index contributed by atoms with van der Waals surface area (Å²) in [7, 11) is 2.09. The summed E-state index contributed by atoms with van der Waals surface area (Å²) in [5, 5.41) is 6.27. The molecule has 1 aromatic carbocycles. The standard InChI is InChI=1S/C21H31N5OS/c1-18-17-28-21(23-18)26-13-7-12-25(14-15-26)16-20(27)22-10-6-11-24(2)19-8-4-3-5-9-19/h3-5,8-9,17H,6-7,10-16H2,1-2H3,(H,22,27). The lowest BCUT2D eigenvalue weighted by Crippen LogP contribution is -2.40. The van der Waals surface area contributed by atoms with Crippen LogP contribution < -0.4 is 15.1 Å². The van der Waals surface area contributed by atoms with Crippen LogP contribution in [0.5, 0.6) is 0 Å². The number of carbonyl (C=O) groups excluding carboxylic acids is 1. The van der Waals surface area contributed by atoms with Gasteiger partial charge in [-0.05, 0) is 31.9 Å². The zero-order valence-corrected chi connectivity index (χ0v) is 17.7. The monoisotopic (exact) mass is 401 g/mol. The molecule has 7 heteroatoms. The Kier molecular flexibility index (Phi) is 7.68. The lowest BCUT2D eigenvalue weighted by atomic mass is 10.3. The lowest BCUT2D eigenvalue weighted by molar-refractivity contribution is -0.122. The van der Waals surface area contributed by atoms with Gasteiger partial charge in [-0.2, -0.15) is 0 Å². The Bertz CT molecular complexity index is 735. The van der Waals surface area contributed by atoms with Crippen molar-refractivity contribution < 1.29 is 4.79 Å². The van der Waals surface area contributed by atoms with Crippen molar-refractivity contribution in [3.05, 3.63) is 41.4 Å². The van der Waals surface area contributed by atoms with E-state index in [9.17, 15) is 4.79 Å². The fraction of sp³-hybridized carbons (Fsp3) is 0.524. The van der Waals surface area contributed by atoms with Crippen LogP contribution in [0.2, 0.25) is 0 Å². The van der Waals surface area contributed by atoms with Crippen LogP contribution >= 0.6 is 11.3 Å². The number of amides is 1. The zero-order chi connectivity index (χ0) is 19.8. The molecule has 1 saturated heterocycles. The summed E-state index contributed by atoms with van der Waals surface area (Å²) in [5.41, 5.74) is 2.29. The van der Waals surface area contributed by atoms with Crippen LogP contribution in [0.1, 0.15) is 18.5 Å². The van der Waals surface area contributed by atoms with Gasteiger partial charge in [0.05, 0.1) is 12.2 Å². The third-order valence-corrected chi connectivity index (χ3v) is 6.04. The number of aryl methyl sites for hydroxylation is 1. The van der Waals surface area contributed by atoms with Crippen LogP contribution in [0.15, 0.2) is 35.7 Å². The summed E-state index contributed by atoms with van der Waals surface area (Å²) in [6.07, 6.45) is 2.00. The molecule has 152 valence electrons. The van der Waals surface area contributed by atoms with Gasteiger partial charge in [0.1, 0.15) is 0 Å². The molecule has 0 radical (unpaired) electrons. The normalized spacial score (nSPS) is 15.3. The predicted octanol–water partition coefficient (Wildman–Crippen LogP) is 2.61.